The molecule has 0 bridgehead atoms. The Labute approximate surface area is 104 Å². The molecule has 2 saturated carbocycles. The van der Waals surface area contributed by atoms with Crippen molar-refractivity contribution in [3.8, 4) is 0 Å². The van der Waals surface area contributed by atoms with Gasteiger partial charge in [0.05, 0.1) is 10.8 Å². The lowest BCUT2D eigenvalue weighted by molar-refractivity contribution is -0.121. The minimum absolute atomic E-state index is 0.0279. The summed E-state index contributed by atoms with van der Waals surface area (Å²) in [6, 6.07) is 0. The van der Waals surface area contributed by atoms with Crippen LogP contribution in [0.25, 0.3) is 0 Å². The molecule has 104 valence electrons. The minimum Gasteiger partial charge on any atom is -0.317 e. The fraction of sp³-hybridized carbons (Fsp3) is 0.900. The molecule has 2 aliphatic rings. The summed E-state index contributed by atoms with van der Waals surface area (Å²) in [5.74, 6) is -1.46. The van der Waals surface area contributed by atoms with Gasteiger partial charge in [0.2, 0.25) is 16.4 Å². The van der Waals surface area contributed by atoms with Crippen molar-refractivity contribution < 1.29 is 22.0 Å². The lowest BCUT2D eigenvalue weighted by Crippen LogP contribution is -2.48. The number of nitrogens with one attached hydrogen (secondary N) is 1. The lowest BCUT2D eigenvalue weighted by Gasteiger charge is -2.12. The third kappa shape index (κ3) is 2.49. The van der Waals surface area contributed by atoms with Crippen molar-refractivity contribution >= 4 is 15.9 Å². The topological polar surface area (TPSA) is 89.3 Å². The number of halogens is 2. The van der Waals surface area contributed by atoms with Crippen LogP contribution in [0.2, 0.25) is 0 Å². The second kappa shape index (κ2) is 4.12. The van der Waals surface area contributed by atoms with Gasteiger partial charge in [-0.25, -0.2) is 17.2 Å². The maximum absolute atomic E-state index is 12.2. The van der Waals surface area contributed by atoms with Gasteiger partial charge in [0.1, 0.15) is 0 Å². The van der Waals surface area contributed by atoms with E-state index in [4.69, 9.17) is 5.73 Å². The maximum Gasteiger partial charge on any atom is 0.253 e. The third-order valence-electron chi connectivity index (χ3n) is 3.71. The molecule has 0 aromatic rings. The first kappa shape index (κ1) is 13.7. The van der Waals surface area contributed by atoms with Gasteiger partial charge in [-0.2, -0.15) is 0 Å². The fourth-order valence-electron chi connectivity index (χ4n) is 2.16. The SMILES string of the molecule is C[C@H]1CC1S(=O)(=O)NC(=O)[C@@]1(N)C[C@H]1CC(F)F. The van der Waals surface area contributed by atoms with Crippen LogP contribution in [0.5, 0.6) is 0 Å². The van der Waals surface area contributed by atoms with Gasteiger partial charge in [-0.05, 0) is 24.7 Å². The van der Waals surface area contributed by atoms with Gasteiger partial charge < -0.3 is 5.73 Å². The predicted molar refractivity (Wildman–Crippen MR) is 60.3 cm³/mol. The van der Waals surface area contributed by atoms with Crippen LogP contribution in [0.1, 0.15) is 26.2 Å². The Morgan fingerprint density at radius 2 is 2.11 bits per heavy atom. The summed E-state index contributed by atoms with van der Waals surface area (Å²) >= 11 is 0. The molecule has 0 spiro atoms. The Hall–Kier alpha value is -0.760. The predicted octanol–water partition coefficient (Wildman–Crippen LogP) is 0.213. The zero-order valence-corrected chi connectivity index (χ0v) is 10.7. The molecule has 8 heteroatoms. The van der Waals surface area contributed by atoms with E-state index in [0.29, 0.717) is 6.42 Å². The number of alkyl halides is 2. The minimum atomic E-state index is -3.70. The average Bonchev–Trinajstić information content (AvgIpc) is 3.05. The van der Waals surface area contributed by atoms with E-state index in [2.05, 4.69) is 0 Å². The number of sulfonamides is 1. The Bertz CT molecular complexity index is 468. The first-order valence-electron chi connectivity index (χ1n) is 5.80. The van der Waals surface area contributed by atoms with Gasteiger partial charge in [-0.15, -0.1) is 0 Å². The highest BCUT2D eigenvalue weighted by Gasteiger charge is 2.59. The highest BCUT2D eigenvalue weighted by atomic mass is 32.2. The van der Waals surface area contributed by atoms with E-state index >= 15 is 0 Å². The monoisotopic (exact) mass is 282 g/mol. The number of hydrogen-bond acceptors (Lipinski definition) is 4. The van der Waals surface area contributed by atoms with E-state index in [1.165, 1.54) is 0 Å². The zero-order valence-electron chi connectivity index (χ0n) is 9.90. The van der Waals surface area contributed by atoms with Crippen LogP contribution < -0.4 is 10.5 Å². The van der Waals surface area contributed by atoms with Gasteiger partial charge in [0.15, 0.2) is 0 Å². The van der Waals surface area contributed by atoms with Crippen LogP contribution in [0.3, 0.4) is 0 Å². The molecule has 2 aliphatic carbocycles. The van der Waals surface area contributed by atoms with Crippen molar-refractivity contribution in [2.45, 2.75) is 43.4 Å². The van der Waals surface area contributed by atoms with Gasteiger partial charge >= 0.3 is 0 Å². The zero-order chi connectivity index (χ0) is 13.7. The van der Waals surface area contributed by atoms with Gasteiger partial charge in [0.25, 0.3) is 5.91 Å². The van der Waals surface area contributed by atoms with Crippen molar-refractivity contribution in [3.05, 3.63) is 0 Å². The van der Waals surface area contributed by atoms with Crippen molar-refractivity contribution in [3.63, 3.8) is 0 Å². The van der Waals surface area contributed by atoms with Crippen LogP contribution in [0.15, 0.2) is 0 Å². The summed E-state index contributed by atoms with van der Waals surface area (Å²) in [7, 11) is -3.70. The number of carbonyl (C=O) groups is 1. The summed E-state index contributed by atoms with van der Waals surface area (Å²) < 4.78 is 49.6. The van der Waals surface area contributed by atoms with Crippen molar-refractivity contribution in [2.75, 3.05) is 0 Å². The summed E-state index contributed by atoms with van der Waals surface area (Å²) in [5, 5.41) is -0.558. The first-order chi connectivity index (χ1) is 8.17. The van der Waals surface area contributed by atoms with Crippen LogP contribution in [0, 0.1) is 11.8 Å². The Morgan fingerprint density at radius 3 is 2.56 bits per heavy atom. The molecule has 0 heterocycles. The van der Waals surface area contributed by atoms with Gasteiger partial charge in [-0.3, -0.25) is 9.52 Å². The van der Waals surface area contributed by atoms with Gasteiger partial charge in [0, 0.05) is 6.42 Å². The fourth-order valence-corrected chi connectivity index (χ4v) is 3.92. The first-order valence-corrected chi connectivity index (χ1v) is 7.34. The van der Waals surface area contributed by atoms with E-state index < -0.39 is 45.5 Å². The van der Waals surface area contributed by atoms with Crippen LogP contribution >= 0.6 is 0 Å². The molecule has 18 heavy (non-hydrogen) atoms. The smallest absolute Gasteiger partial charge is 0.253 e. The lowest BCUT2D eigenvalue weighted by atomic mass is 10.1. The van der Waals surface area contributed by atoms with E-state index in [0.717, 1.165) is 0 Å². The Morgan fingerprint density at radius 1 is 1.56 bits per heavy atom. The number of hydrogen-bond donors (Lipinski definition) is 2. The summed E-state index contributed by atoms with van der Waals surface area (Å²) in [6.45, 7) is 1.77. The molecule has 4 atom stereocenters. The molecule has 5 nitrogen and oxygen atoms in total. The standard InChI is InChI=1S/C10H16F2N2O3S/c1-5-2-7(5)18(16,17)14-9(15)10(13)4-6(10)3-8(11)12/h5-8H,2-4,13H2,1H3,(H,14,15)/t5-,6+,7?,10+/m0/s1. The molecule has 2 rings (SSSR count). The van der Waals surface area contributed by atoms with E-state index in [-0.39, 0.29) is 12.3 Å². The highest BCUT2D eigenvalue weighted by Crippen LogP contribution is 2.45. The molecule has 1 amide bonds. The van der Waals surface area contributed by atoms with E-state index in [9.17, 15) is 22.0 Å². The maximum atomic E-state index is 12.2. The van der Waals surface area contributed by atoms with Crippen LogP contribution in [-0.4, -0.2) is 31.5 Å². The number of nitrogens with two attached hydrogens (primary N) is 1. The molecule has 3 N–H and O–H groups in total. The van der Waals surface area contributed by atoms with E-state index in [1.807, 2.05) is 4.72 Å². The molecule has 0 aliphatic heterocycles. The van der Waals surface area contributed by atoms with Crippen LogP contribution in [0.4, 0.5) is 8.78 Å². The summed E-state index contributed by atoms with van der Waals surface area (Å²) in [5.41, 5.74) is 4.19. The summed E-state index contributed by atoms with van der Waals surface area (Å²) in [6.07, 6.45) is -2.38. The molecule has 2 fully saturated rings. The largest absolute Gasteiger partial charge is 0.317 e. The number of amides is 1. The number of carbonyl (C=O) groups excluding carboxylic acids is 1. The molecular weight excluding hydrogens is 266 g/mol. The van der Waals surface area contributed by atoms with Crippen molar-refractivity contribution in [1.29, 1.82) is 0 Å². The Balaban J connectivity index is 1.94. The quantitative estimate of drug-likeness (QED) is 0.754. The Kier molecular flexibility index (Phi) is 3.13. The second-order valence-electron chi connectivity index (χ2n) is 5.30. The van der Waals surface area contributed by atoms with Gasteiger partial charge in [-0.1, -0.05) is 6.92 Å². The van der Waals surface area contributed by atoms with Crippen molar-refractivity contribution in [2.24, 2.45) is 17.6 Å². The molecule has 0 aromatic heterocycles. The molecule has 0 aromatic carbocycles. The molecular formula is C10H16F2N2O3S. The molecule has 0 radical (unpaired) electrons. The molecule has 0 saturated heterocycles. The molecule has 1 unspecified atom stereocenters. The highest BCUT2D eigenvalue weighted by molar-refractivity contribution is 7.91. The normalized spacial score (nSPS) is 38.6. The second-order valence-corrected chi connectivity index (χ2v) is 7.20. The van der Waals surface area contributed by atoms with Crippen LogP contribution in [-0.2, 0) is 14.8 Å². The average molecular weight is 282 g/mol. The summed E-state index contributed by atoms with van der Waals surface area (Å²) in [4.78, 5) is 11.7. The third-order valence-corrected chi connectivity index (χ3v) is 5.63. The van der Waals surface area contributed by atoms with E-state index in [1.54, 1.807) is 6.92 Å². The van der Waals surface area contributed by atoms with Crippen molar-refractivity contribution in [1.82, 2.24) is 4.72 Å². The number of rotatable bonds is 5.